The van der Waals surface area contributed by atoms with E-state index in [1.165, 1.54) is 4.90 Å². The van der Waals surface area contributed by atoms with Crippen molar-refractivity contribution in [3.05, 3.63) is 35.4 Å². The predicted octanol–water partition coefficient (Wildman–Crippen LogP) is 4.13. The number of carboxylic acid groups (broad SMARTS) is 1. The topological polar surface area (TPSA) is 184 Å². The van der Waals surface area contributed by atoms with E-state index in [1.54, 1.807) is 39.3 Å². The first-order valence-corrected chi connectivity index (χ1v) is 18.8. The first kappa shape index (κ1) is 39.4. The summed E-state index contributed by atoms with van der Waals surface area (Å²) in [7, 11) is 3.11. The van der Waals surface area contributed by atoms with Gasteiger partial charge >= 0.3 is 12.1 Å². The summed E-state index contributed by atoms with van der Waals surface area (Å²) in [4.78, 5) is 59.6. The van der Waals surface area contributed by atoms with Crippen LogP contribution in [0, 0.1) is 17.8 Å². The Kier molecular flexibility index (Phi) is 12.1. The summed E-state index contributed by atoms with van der Waals surface area (Å²) in [5, 5.41) is 16.2. The van der Waals surface area contributed by atoms with Gasteiger partial charge in [0.2, 0.25) is 17.7 Å². The zero-order valence-corrected chi connectivity index (χ0v) is 31.8. The van der Waals surface area contributed by atoms with E-state index in [4.69, 9.17) is 40.0 Å². The first-order valence-electron chi connectivity index (χ1n) is 18.4. The molecule has 4 aliphatic rings. The number of aliphatic carboxylic acids is 1. The van der Waals surface area contributed by atoms with E-state index in [-0.39, 0.29) is 55.5 Å². The van der Waals surface area contributed by atoms with Crippen LogP contribution in [0.5, 0.6) is 17.4 Å². The van der Waals surface area contributed by atoms with Crippen molar-refractivity contribution in [3.63, 3.8) is 0 Å². The van der Waals surface area contributed by atoms with E-state index in [2.05, 4.69) is 22.2 Å². The predicted molar refractivity (Wildman–Crippen MR) is 196 cm³/mol. The molecule has 4 fully saturated rings. The highest BCUT2D eigenvalue weighted by atomic mass is 35.5. The summed E-state index contributed by atoms with van der Waals surface area (Å²) in [6.45, 7) is 8.43. The third kappa shape index (κ3) is 8.47. The van der Waals surface area contributed by atoms with Gasteiger partial charge in [0, 0.05) is 32.1 Å². The third-order valence-electron chi connectivity index (χ3n) is 10.8. The van der Waals surface area contributed by atoms with Crippen LogP contribution in [0.4, 0.5) is 4.79 Å². The van der Waals surface area contributed by atoms with Crippen molar-refractivity contribution in [2.24, 2.45) is 17.8 Å². The van der Waals surface area contributed by atoms with Gasteiger partial charge in [0.25, 0.3) is 0 Å². The molecule has 1 unspecified atom stereocenters. The van der Waals surface area contributed by atoms with E-state index >= 15 is 0 Å². The fourth-order valence-electron chi connectivity index (χ4n) is 7.70. The molecular formula is C38H49ClN4O11. The van der Waals surface area contributed by atoms with Crippen molar-refractivity contribution >= 4 is 46.4 Å². The maximum atomic E-state index is 14.3. The number of rotatable bonds is 18. The number of fused-ring (bicyclic) bond motifs is 2. The molecule has 1 aromatic heterocycles. The maximum absolute atomic E-state index is 14.3. The standard InChI is InChI=1S/C38H49ClN4O11/c1-6-23-18-38(23,36(46)47)42-34(44)27-16-25(19-43(27)35(45)32(20(2)3)41-37(48)54-24-14-21-13-22(21)15-24)53-29-17-30(52-12-10-50-5)40-33-26(29)7-8-28(31(33)39)51-11-9-49-4/h7-8,17,21-25,27,32H,2,6,9-16,18-19H2,1,3-5H3,(H,41,48)(H,42,44)(H,46,47)/t21-,22+,23-,24?,25-,27+,32+,38-/m1/s1. The highest BCUT2D eigenvalue weighted by Crippen LogP contribution is 2.52. The molecule has 1 aliphatic heterocycles. The second kappa shape index (κ2) is 16.6. The van der Waals surface area contributed by atoms with Gasteiger partial charge in [0.15, 0.2) is 0 Å². The molecule has 1 saturated heterocycles. The minimum atomic E-state index is -1.42. The second-order valence-corrected chi connectivity index (χ2v) is 15.0. The van der Waals surface area contributed by atoms with Crippen molar-refractivity contribution in [1.29, 1.82) is 0 Å². The van der Waals surface area contributed by atoms with Crippen LogP contribution < -0.4 is 24.8 Å². The summed E-state index contributed by atoms with van der Waals surface area (Å²) < 4.78 is 34.1. The Hall–Kier alpha value is -4.34. The average molecular weight is 773 g/mol. The van der Waals surface area contributed by atoms with Gasteiger partial charge in [0.1, 0.15) is 65.1 Å². The SMILES string of the molecule is C=C(C)[C@H](NC(=O)OC1C[C@@H]2C[C@@H]2C1)C(=O)N1C[C@H](Oc2cc(OCCOC)nc3c(Cl)c(OCCOC)ccc23)C[C@H]1C(=O)N[C@]1(C(=O)O)C[C@H]1CC. The van der Waals surface area contributed by atoms with E-state index in [1.807, 2.05) is 6.92 Å². The second-order valence-electron chi connectivity index (χ2n) is 14.7. The number of amides is 3. The zero-order chi connectivity index (χ0) is 38.7. The van der Waals surface area contributed by atoms with Gasteiger partial charge in [-0.1, -0.05) is 31.5 Å². The minimum Gasteiger partial charge on any atom is -0.490 e. The Balaban J connectivity index is 1.27. The molecule has 294 valence electrons. The van der Waals surface area contributed by atoms with Gasteiger partial charge in [-0.2, -0.15) is 0 Å². The van der Waals surface area contributed by atoms with Crippen molar-refractivity contribution in [1.82, 2.24) is 20.5 Å². The number of alkyl carbamates (subject to hydrolysis) is 1. The van der Waals surface area contributed by atoms with Crippen LogP contribution in [-0.4, -0.2) is 116 Å². The molecule has 1 aromatic carbocycles. The molecule has 2 heterocycles. The van der Waals surface area contributed by atoms with Crippen LogP contribution in [0.2, 0.25) is 5.02 Å². The summed E-state index contributed by atoms with van der Waals surface area (Å²) in [5.41, 5.74) is -0.752. The molecule has 3 amide bonds. The molecule has 15 nitrogen and oxygen atoms in total. The number of nitrogens with one attached hydrogen (secondary N) is 2. The number of carboxylic acids is 1. The van der Waals surface area contributed by atoms with E-state index in [0.717, 1.165) is 19.3 Å². The number of pyridine rings is 1. The number of aromatic nitrogens is 1. The van der Waals surface area contributed by atoms with Gasteiger partial charge in [-0.25, -0.2) is 14.6 Å². The van der Waals surface area contributed by atoms with E-state index < -0.39 is 47.6 Å². The van der Waals surface area contributed by atoms with Crippen LogP contribution in [0.15, 0.2) is 30.4 Å². The van der Waals surface area contributed by atoms with Crippen molar-refractivity contribution < 1.29 is 52.7 Å². The van der Waals surface area contributed by atoms with Gasteiger partial charge in [-0.3, -0.25) is 9.59 Å². The number of ether oxygens (including phenoxy) is 6. The molecule has 2 aromatic rings. The van der Waals surface area contributed by atoms with Crippen LogP contribution in [0.3, 0.4) is 0 Å². The van der Waals surface area contributed by atoms with Crippen LogP contribution in [-0.2, 0) is 28.6 Å². The van der Waals surface area contributed by atoms with Gasteiger partial charge < -0.3 is 49.1 Å². The molecule has 0 radical (unpaired) electrons. The largest absolute Gasteiger partial charge is 0.490 e. The highest BCUT2D eigenvalue weighted by molar-refractivity contribution is 6.36. The lowest BCUT2D eigenvalue weighted by molar-refractivity contribution is -0.145. The number of likely N-dealkylation sites (tertiary alicyclic amines) is 1. The molecule has 3 N–H and O–H groups in total. The quantitative estimate of drug-likeness (QED) is 0.146. The van der Waals surface area contributed by atoms with E-state index in [0.29, 0.717) is 59.4 Å². The molecule has 54 heavy (non-hydrogen) atoms. The molecular weight excluding hydrogens is 724 g/mol. The Morgan fingerprint density at radius 2 is 1.72 bits per heavy atom. The smallest absolute Gasteiger partial charge is 0.408 e. The Morgan fingerprint density at radius 3 is 2.35 bits per heavy atom. The van der Waals surface area contributed by atoms with Crippen molar-refractivity contribution in [2.75, 3.05) is 47.2 Å². The normalized spacial score (nSPS) is 27.1. The summed E-state index contributed by atoms with van der Waals surface area (Å²) in [5.74, 6) is -0.542. The van der Waals surface area contributed by atoms with Crippen LogP contribution in [0.1, 0.15) is 52.4 Å². The molecule has 0 spiro atoms. The first-order chi connectivity index (χ1) is 25.9. The summed E-state index contributed by atoms with van der Waals surface area (Å²) in [6, 6.07) is 2.67. The van der Waals surface area contributed by atoms with Crippen LogP contribution >= 0.6 is 11.6 Å². The number of nitrogens with zero attached hydrogens (tertiary/aromatic N) is 2. The lowest BCUT2D eigenvalue weighted by Gasteiger charge is -2.29. The molecule has 16 heteroatoms. The Labute approximate surface area is 318 Å². The van der Waals surface area contributed by atoms with Gasteiger partial charge in [0.05, 0.1) is 19.8 Å². The Morgan fingerprint density at radius 1 is 1.02 bits per heavy atom. The number of hydrogen-bond donors (Lipinski definition) is 3. The zero-order valence-electron chi connectivity index (χ0n) is 31.1. The number of halogens is 1. The molecule has 3 aliphatic carbocycles. The fourth-order valence-corrected chi connectivity index (χ4v) is 7.96. The van der Waals surface area contributed by atoms with Crippen molar-refractivity contribution in [3.8, 4) is 17.4 Å². The van der Waals surface area contributed by atoms with Crippen LogP contribution in [0.25, 0.3) is 10.9 Å². The minimum absolute atomic E-state index is 0.0118. The lowest BCUT2D eigenvalue weighted by Crippen LogP contribution is -2.56. The number of carbonyl (C=O) groups excluding carboxylic acids is 3. The monoisotopic (exact) mass is 772 g/mol. The number of carbonyl (C=O) groups is 4. The number of benzene rings is 1. The summed E-state index contributed by atoms with van der Waals surface area (Å²) in [6.07, 6.45) is 1.90. The molecule has 8 atom stereocenters. The summed E-state index contributed by atoms with van der Waals surface area (Å²) >= 11 is 6.79. The maximum Gasteiger partial charge on any atom is 0.408 e. The number of hydrogen-bond acceptors (Lipinski definition) is 11. The van der Waals surface area contributed by atoms with E-state index in [9.17, 15) is 24.3 Å². The van der Waals surface area contributed by atoms with Crippen molar-refractivity contribution in [2.45, 2.75) is 82.2 Å². The van der Waals surface area contributed by atoms with Gasteiger partial charge in [-0.05, 0) is 68.1 Å². The van der Waals surface area contributed by atoms with Gasteiger partial charge in [-0.15, -0.1) is 0 Å². The number of methoxy groups -OCH3 is 2. The third-order valence-corrected chi connectivity index (χ3v) is 11.2. The molecule has 0 bridgehead atoms. The average Bonchev–Trinajstić information content (AvgIpc) is 3.95. The Bertz CT molecular complexity index is 1770. The molecule has 3 saturated carbocycles. The molecule has 6 rings (SSSR count). The highest BCUT2D eigenvalue weighted by Gasteiger charge is 2.61. The fraction of sp³-hybridized carbons (Fsp3) is 0.605. The lowest BCUT2D eigenvalue weighted by atomic mass is 10.1.